The molecule has 1 heterocycles. The van der Waals surface area contributed by atoms with Gasteiger partial charge in [0.05, 0.1) is 11.4 Å². The summed E-state index contributed by atoms with van der Waals surface area (Å²) in [5.41, 5.74) is 7.81. The zero-order valence-corrected chi connectivity index (χ0v) is 11.9. The zero-order valence-electron chi connectivity index (χ0n) is 11.9. The summed E-state index contributed by atoms with van der Waals surface area (Å²) in [6.07, 6.45) is 0. The molecular formula is C14H19N5O. The molecule has 6 heteroatoms. The third-order valence-corrected chi connectivity index (χ3v) is 2.71. The van der Waals surface area contributed by atoms with Crippen LogP contribution in [0.25, 0.3) is 0 Å². The second kappa shape index (κ2) is 6.21. The average Bonchev–Trinajstić information content (AvgIpc) is 2.38. The molecule has 0 atom stereocenters. The highest BCUT2D eigenvalue weighted by atomic mass is 16.5. The number of para-hydroxylation sites is 2. The predicted octanol–water partition coefficient (Wildman–Crippen LogP) is 2.01. The number of anilines is 4. The largest absolute Gasteiger partial charge is 0.384 e. The number of benzene rings is 1. The molecule has 106 valence electrons. The lowest BCUT2D eigenvalue weighted by Gasteiger charge is -2.18. The van der Waals surface area contributed by atoms with Crippen molar-refractivity contribution in [2.75, 3.05) is 37.2 Å². The Morgan fingerprint density at radius 3 is 2.70 bits per heavy atom. The van der Waals surface area contributed by atoms with Gasteiger partial charge in [-0.05, 0) is 12.1 Å². The van der Waals surface area contributed by atoms with Gasteiger partial charge in [0.1, 0.15) is 18.2 Å². The van der Waals surface area contributed by atoms with E-state index in [1.165, 1.54) is 0 Å². The Morgan fingerprint density at radius 2 is 2.00 bits per heavy atom. The molecule has 0 saturated carbocycles. The maximum absolute atomic E-state index is 5.78. The molecule has 20 heavy (non-hydrogen) atoms. The molecule has 2 rings (SSSR count). The summed E-state index contributed by atoms with van der Waals surface area (Å²) in [5, 5.41) is 3.27. The first-order valence-electron chi connectivity index (χ1n) is 6.26. The van der Waals surface area contributed by atoms with Crippen LogP contribution in [0.15, 0.2) is 30.3 Å². The van der Waals surface area contributed by atoms with Gasteiger partial charge in [0.25, 0.3) is 0 Å². The van der Waals surface area contributed by atoms with Gasteiger partial charge < -0.3 is 20.7 Å². The molecule has 1 aromatic carbocycles. The lowest BCUT2D eigenvalue weighted by molar-refractivity contribution is 0.178. The molecule has 0 amide bonds. The molecule has 0 saturated heterocycles. The summed E-state index contributed by atoms with van der Waals surface area (Å²) in [6.45, 7) is 0.328. The number of nitrogens with two attached hydrogens (primary N) is 1. The van der Waals surface area contributed by atoms with Crippen LogP contribution in [-0.2, 0) is 11.3 Å². The van der Waals surface area contributed by atoms with E-state index in [0.717, 1.165) is 11.4 Å². The van der Waals surface area contributed by atoms with E-state index in [1.54, 1.807) is 13.2 Å². The molecule has 0 bridgehead atoms. The monoisotopic (exact) mass is 273 g/mol. The Balaban J connectivity index is 2.30. The van der Waals surface area contributed by atoms with Crippen LogP contribution in [0.2, 0.25) is 0 Å². The minimum Gasteiger partial charge on any atom is -0.384 e. The summed E-state index contributed by atoms with van der Waals surface area (Å²) in [5.74, 6) is 1.62. The standard InChI is InChI=1S/C14H19N5O/c1-19(2)11-7-5-4-6-10(11)16-13-8-12(15)17-14(18-13)9-20-3/h4-8H,9H2,1-3H3,(H3,15,16,17,18). The van der Waals surface area contributed by atoms with Crippen molar-refractivity contribution >= 4 is 23.0 Å². The highest BCUT2D eigenvalue weighted by Crippen LogP contribution is 2.26. The zero-order chi connectivity index (χ0) is 14.5. The minimum atomic E-state index is 0.328. The Morgan fingerprint density at radius 1 is 1.25 bits per heavy atom. The van der Waals surface area contributed by atoms with E-state index < -0.39 is 0 Å². The van der Waals surface area contributed by atoms with Crippen molar-refractivity contribution in [3.05, 3.63) is 36.2 Å². The first kappa shape index (κ1) is 14.1. The fraction of sp³-hybridized carbons (Fsp3) is 0.286. The van der Waals surface area contributed by atoms with Crippen molar-refractivity contribution in [1.82, 2.24) is 9.97 Å². The molecule has 0 aliphatic carbocycles. The van der Waals surface area contributed by atoms with E-state index in [4.69, 9.17) is 10.5 Å². The number of nitrogens with zero attached hydrogens (tertiary/aromatic N) is 3. The normalized spacial score (nSPS) is 10.3. The number of methoxy groups -OCH3 is 1. The molecule has 0 spiro atoms. The van der Waals surface area contributed by atoms with Crippen molar-refractivity contribution in [1.29, 1.82) is 0 Å². The molecule has 0 aliphatic rings. The molecule has 2 aromatic rings. The van der Waals surface area contributed by atoms with Crippen LogP contribution in [0.4, 0.5) is 23.0 Å². The number of hydrogen-bond acceptors (Lipinski definition) is 6. The Hall–Kier alpha value is -2.34. The van der Waals surface area contributed by atoms with E-state index in [0.29, 0.717) is 24.1 Å². The van der Waals surface area contributed by atoms with Gasteiger partial charge in [0.15, 0.2) is 5.82 Å². The van der Waals surface area contributed by atoms with Gasteiger partial charge >= 0.3 is 0 Å². The summed E-state index contributed by atoms with van der Waals surface area (Å²) in [4.78, 5) is 10.5. The fourth-order valence-electron chi connectivity index (χ4n) is 1.88. The molecule has 0 aliphatic heterocycles. The number of nitrogen functional groups attached to an aromatic ring is 1. The maximum Gasteiger partial charge on any atom is 0.158 e. The van der Waals surface area contributed by atoms with Gasteiger partial charge in [0.2, 0.25) is 0 Å². The van der Waals surface area contributed by atoms with Crippen molar-refractivity contribution in [2.45, 2.75) is 6.61 Å². The number of ether oxygens (including phenoxy) is 1. The summed E-state index contributed by atoms with van der Waals surface area (Å²) < 4.78 is 5.03. The number of hydrogen-bond donors (Lipinski definition) is 2. The molecule has 6 nitrogen and oxygen atoms in total. The second-order valence-electron chi connectivity index (χ2n) is 4.56. The fourth-order valence-corrected chi connectivity index (χ4v) is 1.88. The summed E-state index contributed by atoms with van der Waals surface area (Å²) in [7, 11) is 5.58. The van der Waals surface area contributed by atoms with Gasteiger partial charge in [-0.15, -0.1) is 0 Å². The number of nitrogens with one attached hydrogen (secondary N) is 1. The van der Waals surface area contributed by atoms with E-state index in [2.05, 4.69) is 15.3 Å². The predicted molar refractivity (Wildman–Crippen MR) is 81.2 cm³/mol. The number of rotatable bonds is 5. The van der Waals surface area contributed by atoms with E-state index in [9.17, 15) is 0 Å². The van der Waals surface area contributed by atoms with Crippen molar-refractivity contribution in [3.63, 3.8) is 0 Å². The SMILES string of the molecule is COCc1nc(N)cc(Nc2ccccc2N(C)C)n1. The van der Waals surface area contributed by atoms with Crippen molar-refractivity contribution in [2.24, 2.45) is 0 Å². The van der Waals surface area contributed by atoms with Gasteiger partial charge in [0, 0.05) is 27.3 Å². The molecule has 3 N–H and O–H groups in total. The van der Waals surface area contributed by atoms with Gasteiger partial charge in [-0.2, -0.15) is 0 Å². The van der Waals surface area contributed by atoms with E-state index >= 15 is 0 Å². The van der Waals surface area contributed by atoms with E-state index in [-0.39, 0.29) is 0 Å². The molecule has 0 unspecified atom stereocenters. The van der Waals surface area contributed by atoms with Crippen LogP contribution in [0.3, 0.4) is 0 Å². The highest BCUT2D eigenvalue weighted by Gasteiger charge is 2.07. The van der Waals surface area contributed by atoms with Crippen LogP contribution >= 0.6 is 0 Å². The molecular weight excluding hydrogens is 254 g/mol. The summed E-state index contributed by atoms with van der Waals surface area (Å²) in [6, 6.07) is 9.68. The Kier molecular flexibility index (Phi) is 4.37. The third-order valence-electron chi connectivity index (χ3n) is 2.71. The second-order valence-corrected chi connectivity index (χ2v) is 4.56. The number of aromatic nitrogens is 2. The van der Waals surface area contributed by atoms with Crippen LogP contribution in [0.5, 0.6) is 0 Å². The molecule has 1 aromatic heterocycles. The topological polar surface area (TPSA) is 76.3 Å². The lowest BCUT2D eigenvalue weighted by Crippen LogP contribution is -2.11. The minimum absolute atomic E-state index is 0.328. The highest BCUT2D eigenvalue weighted by molar-refractivity contribution is 5.74. The lowest BCUT2D eigenvalue weighted by atomic mass is 10.2. The van der Waals surface area contributed by atoms with E-state index in [1.807, 2.05) is 43.3 Å². The van der Waals surface area contributed by atoms with Crippen molar-refractivity contribution < 1.29 is 4.74 Å². The quantitative estimate of drug-likeness (QED) is 0.868. The first-order chi connectivity index (χ1) is 9.60. The van der Waals surface area contributed by atoms with Crippen LogP contribution in [0, 0.1) is 0 Å². The smallest absolute Gasteiger partial charge is 0.158 e. The van der Waals surface area contributed by atoms with Crippen molar-refractivity contribution in [3.8, 4) is 0 Å². The molecule has 0 fully saturated rings. The van der Waals surface area contributed by atoms with Crippen LogP contribution < -0.4 is 16.0 Å². The Labute approximate surface area is 118 Å². The first-order valence-corrected chi connectivity index (χ1v) is 6.26. The van der Waals surface area contributed by atoms with Gasteiger partial charge in [-0.1, -0.05) is 12.1 Å². The molecule has 0 radical (unpaired) electrons. The van der Waals surface area contributed by atoms with Crippen LogP contribution in [0.1, 0.15) is 5.82 Å². The summed E-state index contributed by atoms with van der Waals surface area (Å²) >= 11 is 0. The average molecular weight is 273 g/mol. The maximum atomic E-state index is 5.78. The Bertz CT molecular complexity index is 586. The van der Waals surface area contributed by atoms with Gasteiger partial charge in [-0.25, -0.2) is 9.97 Å². The van der Waals surface area contributed by atoms with Crippen LogP contribution in [-0.4, -0.2) is 31.2 Å². The third kappa shape index (κ3) is 3.36. The van der Waals surface area contributed by atoms with Gasteiger partial charge in [-0.3, -0.25) is 0 Å².